The number of carbonyl (C=O) groups is 1. The van der Waals surface area contributed by atoms with Crippen LogP contribution in [0, 0.1) is 5.82 Å². The van der Waals surface area contributed by atoms with E-state index < -0.39 is 5.97 Å². The number of rotatable bonds is 4. The SMILES string of the molecule is CCn1c(C(C)CC(=O)O)cc2c(F)cccc21. The van der Waals surface area contributed by atoms with Crippen molar-refractivity contribution < 1.29 is 14.3 Å². The van der Waals surface area contributed by atoms with Crippen LogP contribution in [0.25, 0.3) is 10.9 Å². The van der Waals surface area contributed by atoms with Gasteiger partial charge < -0.3 is 9.67 Å². The molecule has 1 aromatic carbocycles. The zero-order valence-corrected chi connectivity index (χ0v) is 10.5. The second-order valence-corrected chi connectivity index (χ2v) is 4.49. The van der Waals surface area contributed by atoms with E-state index in [2.05, 4.69) is 0 Å². The molecule has 0 fully saturated rings. The van der Waals surface area contributed by atoms with Gasteiger partial charge in [-0.25, -0.2) is 4.39 Å². The van der Waals surface area contributed by atoms with Crippen molar-refractivity contribution in [3.05, 3.63) is 35.8 Å². The zero-order valence-electron chi connectivity index (χ0n) is 10.5. The second-order valence-electron chi connectivity index (χ2n) is 4.49. The lowest BCUT2D eigenvalue weighted by Crippen LogP contribution is -2.08. The molecular formula is C14H16FNO2. The van der Waals surface area contributed by atoms with Crippen molar-refractivity contribution in [3.63, 3.8) is 0 Å². The lowest BCUT2D eigenvalue weighted by atomic mass is 10.0. The first-order valence-electron chi connectivity index (χ1n) is 6.04. The van der Waals surface area contributed by atoms with Gasteiger partial charge in [0.2, 0.25) is 0 Å². The Morgan fingerprint density at radius 2 is 2.22 bits per heavy atom. The number of halogens is 1. The molecule has 3 nitrogen and oxygen atoms in total. The summed E-state index contributed by atoms with van der Waals surface area (Å²) in [6.07, 6.45) is 0.0535. The van der Waals surface area contributed by atoms with Gasteiger partial charge in [-0.1, -0.05) is 13.0 Å². The van der Waals surface area contributed by atoms with Gasteiger partial charge in [0.1, 0.15) is 5.82 Å². The maximum absolute atomic E-state index is 13.7. The van der Waals surface area contributed by atoms with Crippen molar-refractivity contribution in [2.24, 2.45) is 0 Å². The third-order valence-electron chi connectivity index (χ3n) is 3.23. The van der Waals surface area contributed by atoms with Crippen molar-refractivity contribution >= 4 is 16.9 Å². The van der Waals surface area contributed by atoms with Gasteiger partial charge in [-0.15, -0.1) is 0 Å². The number of benzene rings is 1. The molecule has 4 heteroatoms. The lowest BCUT2D eigenvalue weighted by Gasteiger charge is -2.13. The van der Waals surface area contributed by atoms with Gasteiger partial charge >= 0.3 is 5.97 Å². The number of carboxylic acids is 1. The van der Waals surface area contributed by atoms with Crippen LogP contribution in [-0.4, -0.2) is 15.6 Å². The van der Waals surface area contributed by atoms with Crippen molar-refractivity contribution in [1.29, 1.82) is 0 Å². The fourth-order valence-corrected chi connectivity index (χ4v) is 2.40. The molecule has 0 aliphatic heterocycles. The van der Waals surface area contributed by atoms with Gasteiger partial charge in [0.25, 0.3) is 0 Å². The normalized spacial score (nSPS) is 12.8. The Morgan fingerprint density at radius 1 is 1.50 bits per heavy atom. The highest BCUT2D eigenvalue weighted by molar-refractivity contribution is 5.82. The summed E-state index contributed by atoms with van der Waals surface area (Å²) in [5.41, 5.74) is 1.70. The molecule has 2 aromatic rings. The second kappa shape index (κ2) is 4.80. The Hall–Kier alpha value is -1.84. The van der Waals surface area contributed by atoms with Gasteiger partial charge in [0.05, 0.1) is 11.9 Å². The van der Waals surface area contributed by atoms with E-state index in [1.807, 2.05) is 24.5 Å². The summed E-state index contributed by atoms with van der Waals surface area (Å²) in [5.74, 6) is -1.23. The molecule has 0 saturated carbocycles. The molecule has 1 unspecified atom stereocenters. The molecule has 0 radical (unpaired) electrons. The average Bonchev–Trinajstić information content (AvgIpc) is 2.68. The molecule has 1 atom stereocenters. The molecule has 0 saturated heterocycles. The van der Waals surface area contributed by atoms with Crippen LogP contribution < -0.4 is 0 Å². The molecule has 1 heterocycles. The van der Waals surface area contributed by atoms with E-state index in [-0.39, 0.29) is 18.2 Å². The Kier molecular flexibility index (Phi) is 3.36. The number of fused-ring (bicyclic) bond motifs is 1. The van der Waals surface area contributed by atoms with Crippen molar-refractivity contribution in [2.75, 3.05) is 0 Å². The smallest absolute Gasteiger partial charge is 0.304 e. The van der Waals surface area contributed by atoms with Crippen LogP contribution in [0.5, 0.6) is 0 Å². The summed E-state index contributed by atoms with van der Waals surface area (Å²) in [6, 6.07) is 6.73. The summed E-state index contributed by atoms with van der Waals surface area (Å²) < 4.78 is 15.7. The summed E-state index contributed by atoms with van der Waals surface area (Å²) in [7, 11) is 0. The predicted octanol–water partition coefficient (Wildman–Crippen LogP) is 3.38. The number of hydrogen-bond donors (Lipinski definition) is 1. The fraction of sp³-hybridized carbons (Fsp3) is 0.357. The first-order valence-corrected chi connectivity index (χ1v) is 6.04. The Balaban J connectivity index is 2.56. The number of nitrogens with zero attached hydrogens (tertiary/aromatic N) is 1. The van der Waals surface area contributed by atoms with Gasteiger partial charge in [-0.2, -0.15) is 0 Å². The standard InChI is InChI=1S/C14H16FNO2/c1-3-16-12-6-4-5-11(15)10(12)8-13(16)9(2)7-14(17)18/h4-6,8-9H,3,7H2,1-2H3,(H,17,18). The highest BCUT2D eigenvalue weighted by atomic mass is 19.1. The van der Waals surface area contributed by atoms with Gasteiger partial charge in [0, 0.05) is 23.5 Å². The van der Waals surface area contributed by atoms with E-state index in [9.17, 15) is 9.18 Å². The third kappa shape index (κ3) is 2.10. The summed E-state index contributed by atoms with van der Waals surface area (Å²) in [5, 5.41) is 9.42. The molecule has 2 rings (SSSR count). The number of carboxylic acid groups (broad SMARTS) is 1. The fourth-order valence-electron chi connectivity index (χ4n) is 2.40. The van der Waals surface area contributed by atoms with E-state index in [0.29, 0.717) is 11.9 Å². The van der Waals surface area contributed by atoms with E-state index in [1.165, 1.54) is 6.07 Å². The number of hydrogen-bond acceptors (Lipinski definition) is 1. The molecule has 0 aliphatic rings. The van der Waals surface area contributed by atoms with Gasteiger partial charge in [-0.3, -0.25) is 4.79 Å². The van der Waals surface area contributed by atoms with Crippen molar-refractivity contribution in [3.8, 4) is 0 Å². The van der Waals surface area contributed by atoms with Crippen LogP contribution >= 0.6 is 0 Å². The molecular weight excluding hydrogens is 233 g/mol. The molecule has 0 aliphatic carbocycles. The highest BCUT2D eigenvalue weighted by Gasteiger charge is 2.17. The Labute approximate surface area is 105 Å². The number of aromatic nitrogens is 1. The van der Waals surface area contributed by atoms with Crippen molar-refractivity contribution in [1.82, 2.24) is 4.57 Å². The van der Waals surface area contributed by atoms with E-state index >= 15 is 0 Å². The summed E-state index contributed by atoms with van der Waals surface area (Å²) >= 11 is 0. The predicted molar refractivity (Wildman–Crippen MR) is 68.2 cm³/mol. The summed E-state index contributed by atoms with van der Waals surface area (Å²) in [6.45, 7) is 4.53. The number of aryl methyl sites for hydroxylation is 1. The molecule has 0 bridgehead atoms. The average molecular weight is 249 g/mol. The molecule has 96 valence electrons. The minimum Gasteiger partial charge on any atom is -0.481 e. The highest BCUT2D eigenvalue weighted by Crippen LogP contribution is 2.28. The minimum absolute atomic E-state index is 0.0535. The van der Waals surface area contributed by atoms with Gasteiger partial charge in [-0.05, 0) is 25.1 Å². The van der Waals surface area contributed by atoms with E-state index in [0.717, 1.165) is 11.2 Å². The van der Waals surface area contributed by atoms with Crippen molar-refractivity contribution in [2.45, 2.75) is 32.7 Å². The monoisotopic (exact) mass is 249 g/mol. The Bertz CT molecular complexity index is 589. The first kappa shape index (κ1) is 12.6. The van der Waals surface area contributed by atoms with Crippen LogP contribution in [0.4, 0.5) is 4.39 Å². The van der Waals surface area contributed by atoms with Crippen LogP contribution in [-0.2, 0) is 11.3 Å². The molecule has 1 N–H and O–H groups in total. The molecule has 1 aromatic heterocycles. The van der Waals surface area contributed by atoms with Crippen LogP contribution in [0.15, 0.2) is 24.3 Å². The maximum atomic E-state index is 13.7. The summed E-state index contributed by atoms with van der Waals surface area (Å²) in [4.78, 5) is 10.8. The first-order chi connectivity index (χ1) is 8.54. The van der Waals surface area contributed by atoms with Crippen LogP contribution in [0.1, 0.15) is 31.9 Å². The Morgan fingerprint density at radius 3 is 2.83 bits per heavy atom. The quantitative estimate of drug-likeness (QED) is 0.902. The largest absolute Gasteiger partial charge is 0.481 e. The number of aliphatic carboxylic acids is 1. The third-order valence-corrected chi connectivity index (χ3v) is 3.23. The lowest BCUT2D eigenvalue weighted by molar-refractivity contribution is -0.137. The molecule has 0 amide bonds. The molecule has 18 heavy (non-hydrogen) atoms. The van der Waals surface area contributed by atoms with E-state index in [4.69, 9.17) is 5.11 Å². The molecule has 0 spiro atoms. The van der Waals surface area contributed by atoms with Crippen LogP contribution in [0.3, 0.4) is 0 Å². The maximum Gasteiger partial charge on any atom is 0.304 e. The zero-order chi connectivity index (χ0) is 13.3. The van der Waals surface area contributed by atoms with E-state index in [1.54, 1.807) is 12.1 Å². The van der Waals surface area contributed by atoms with Gasteiger partial charge in [0.15, 0.2) is 0 Å². The van der Waals surface area contributed by atoms with Crippen LogP contribution in [0.2, 0.25) is 0 Å². The minimum atomic E-state index is -0.837. The topological polar surface area (TPSA) is 42.2 Å².